The number of rotatable bonds is 5. The third-order valence-electron chi connectivity index (χ3n) is 6.10. The smallest absolute Gasteiger partial charge is 0.252 e. The summed E-state index contributed by atoms with van der Waals surface area (Å²) in [7, 11) is -4.02. The SMILES string of the molecule is O=c1c(Cl)c(Nc2ccc(Cl)c(S(=O)(=O)C3CCCCN3C3CCNCC3)c2O)c1=O. The van der Waals surface area contributed by atoms with Crippen molar-refractivity contribution in [3.63, 3.8) is 0 Å². The third kappa shape index (κ3) is 3.98. The van der Waals surface area contributed by atoms with Gasteiger partial charge in [0.2, 0.25) is 5.43 Å². The molecule has 31 heavy (non-hydrogen) atoms. The van der Waals surface area contributed by atoms with Crippen LogP contribution in [0.3, 0.4) is 0 Å². The average molecular weight is 488 g/mol. The number of anilines is 2. The summed E-state index contributed by atoms with van der Waals surface area (Å²) < 4.78 is 27.4. The molecule has 0 saturated carbocycles. The van der Waals surface area contributed by atoms with Crippen LogP contribution in [0.4, 0.5) is 11.4 Å². The molecule has 11 heteroatoms. The molecule has 1 unspecified atom stereocenters. The maximum absolute atomic E-state index is 13.7. The Labute approximate surface area is 189 Å². The number of sulfone groups is 1. The molecule has 2 aliphatic heterocycles. The first kappa shape index (κ1) is 22.5. The van der Waals surface area contributed by atoms with Crippen molar-refractivity contribution in [3.8, 4) is 5.75 Å². The van der Waals surface area contributed by atoms with Crippen molar-refractivity contribution in [3.05, 3.63) is 42.6 Å². The summed E-state index contributed by atoms with van der Waals surface area (Å²) in [4.78, 5) is 24.7. The van der Waals surface area contributed by atoms with Gasteiger partial charge in [-0.1, -0.05) is 23.2 Å². The van der Waals surface area contributed by atoms with E-state index in [0.29, 0.717) is 13.0 Å². The van der Waals surface area contributed by atoms with Crippen molar-refractivity contribution >= 4 is 44.4 Å². The van der Waals surface area contributed by atoms with E-state index in [4.69, 9.17) is 23.2 Å². The average Bonchev–Trinajstić information content (AvgIpc) is 2.78. The second kappa shape index (κ2) is 8.71. The second-order valence-corrected chi connectivity index (χ2v) is 10.8. The minimum atomic E-state index is -4.02. The maximum Gasteiger partial charge on any atom is 0.252 e. The topological polar surface area (TPSA) is 116 Å². The van der Waals surface area contributed by atoms with Gasteiger partial charge in [0.1, 0.15) is 21.0 Å². The van der Waals surface area contributed by atoms with Gasteiger partial charge in [-0.15, -0.1) is 0 Å². The highest BCUT2D eigenvalue weighted by molar-refractivity contribution is 7.92. The molecule has 168 valence electrons. The molecular weight excluding hydrogens is 465 g/mol. The summed E-state index contributed by atoms with van der Waals surface area (Å²) in [6, 6.07) is 2.83. The highest BCUT2D eigenvalue weighted by atomic mass is 35.5. The number of phenols is 1. The Bertz CT molecular complexity index is 1170. The van der Waals surface area contributed by atoms with Crippen LogP contribution in [0.25, 0.3) is 0 Å². The Hall–Kier alpha value is -1.65. The van der Waals surface area contributed by atoms with Crippen molar-refractivity contribution < 1.29 is 13.5 Å². The molecule has 2 aromatic carbocycles. The van der Waals surface area contributed by atoms with Crippen LogP contribution in [-0.4, -0.2) is 49.5 Å². The molecule has 2 aliphatic rings. The minimum Gasteiger partial charge on any atom is -0.504 e. The van der Waals surface area contributed by atoms with Crippen LogP contribution >= 0.6 is 23.2 Å². The molecule has 3 N–H and O–H groups in total. The molecule has 2 heterocycles. The normalized spacial score (nSPS) is 21.4. The van der Waals surface area contributed by atoms with E-state index in [1.54, 1.807) is 0 Å². The fourth-order valence-electron chi connectivity index (χ4n) is 4.48. The molecular formula is C20H23Cl2N3O5S. The Kier molecular flexibility index (Phi) is 6.33. The van der Waals surface area contributed by atoms with Crippen LogP contribution < -0.4 is 21.5 Å². The third-order valence-corrected chi connectivity index (χ3v) is 9.10. The molecule has 0 amide bonds. The van der Waals surface area contributed by atoms with E-state index in [1.165, 1.54) is 12.1 Å². The largest absolute Gasteiger partial charge is 0.504 e. The van der Waals surface area contributed by atoms with Gasteiger partial charge < -0.3 is 15.7 Å². The van der Waals surface area contributed by atoms with Crippen LogP contribution in [0.1, 0.15) is 32.1 Å². The van der Waals surface area contributed by atoms with E-state index < -0.39 is 31.8 Å². The summed E-state index contributed by atoms with van der Waals surface area (Å²) in [5.74, 6) is -0.590. The fourth-order valence-corrected chi connectivity index (χ4v) is 7.27. The Morgan fingerprint density at radius 3 is 2.45 bits per heavy atom. The van der Waals surface area contributed by atoms with E-state index >= 15 is 0 Å². The van der Waals surface area contributed by atoms with E-state index in [-0.39, 0.29) is 32.4 Å². The lowest BCUT2D eigenvalue weighted by molar-refractivity contribution is 0.114. The summed E-state index contributed by atoms with van der Waals surface area (Å²) >= 11 is 12.0. The number of nitrogens with one attached hydrogen (secondary N) is 2. The van der Waals surface area contributed by atoms with Crippen LogP contribution in [0.2, 0.25) is 10.0 Å². The van der Waals surface area contributed by atoms with Crippen LogP contribution in [0.15, 0.2) is 26.6 Å². The van der Waals surface area contributed by atoms with Gasteiger partial charge in [0, 0.05) is 6.04 Å². The number of likely N-dealkylation sites (tertiary alicyclic amines) is 1. The van der Waals surface area contributed by atoms with Gasteiger partial charge in [-0.05, 0) is 63.9 Å². The number of aromatic hydroxyl groups is 1. The number of hydrogen-bond acceptors (Lipinski definition) is 8. The highest BCUT2D eigenvalue weighted by Gasteiger charge is 2.41. The predicted octanol–water partition coefficient (Wildman–Crippen LogP) is 2.38. The van der Waals surface area contributed by atoms with Gasteiger partial charge in [-0.25, -0.2) is 8.42 Å². The summed E-state index contributed by atoms with van der Waals surface area (Å²) in [5, 5.41) is 15.5. The Morgan fingerprint density at radius 1 is 1.06 bits per heavy atom. The zero-order valence-electron chi connectivity index (χ0n) is 16.7. The molecule has 8 nitrogen and oxygen atoms in total. The van der Waals surface area contributed by atoms with Crippen LogP contribution in [0.5, 0.6) is 5.75 Å². The first-order chi connectivity index (χ1) is 14.7. The fraction of sp³-hybridized carbons (Fsp3) is 0.500. The van der Waals surface area contributed by atoms with Gasteiger partial charge in [-0.2, -0.15) is 0 Å². The molecule has 2 saturated heterocycles. The molecule has 2 fully saturated rings. The highest BCUT2D eigenvalue weighted by Crippen LogP contribution is 2.42. The van der Waals surface area contributed by atoms with Gasteiger partial charge in [0.25, 0.3) is 5.43 Å². The quantitative estimate of drug-likeness (QED) is 0.434. The number of piperidine rings is 2. The summed E-state index contributed by atoms with van der Waals surface area (Å²) in [6.07, 6.45) is 3.84. The second-order valence-electron chi connectivity index (χ2n) is 7.96. The molecule has 0 aromatic heterocycles. The Morgan fingerprint density at radius 2 is 1.77 bits per heavy atom. The van der Waals surface area contributed by atoms with Gasteiger partial charge in [-0.3, -0.25) is 14.5 Å². The van der Waals surface area contributed by atoms with Crippen molar-refractivity contribution in [1.29, 1.82) is 0 Å². The Balaban J connectivity index is 1.71. The van der Waals surface area contributed by atoms with E-state index in [2.05, 4.69) is 10.6 Å². The molecule has 0 radical (unpaired) electrons. The van der Waals surface area contributed by atoms with Crippen molar-refractivity contribution in [2.75, 3.05) is 25.0 Å². The maximum atomic E-state index is 13.7. The summed E-state index contributed by atoms with van der Waals surface area (Å²) in [5.41, 5.74) is -1.89. The van der Waals surface area contributed by atoms with E-state index in [1.807, 2.05) is 4.90 Å². The first-order valence-electron chi connectivity index (χ1n) is 10.2. The van der Waals surface area contributed by atoms with Gasteiger partial charge in [0.15, 0.2) is 15.6 Å². The number of nitrogens with zero attached hydrogens (tertiary/aromatic N) is 1. The minimum absolute atomic E-state index is 0.0544. The number of benzene rings is 1. The number of halogens is 2. The zero-order chi connectivity index (χ0) is 22.3. The lowest BCUT2D eigenvalue weighted by Gasteiger charge is -2.42. The number of hydrogen-bond donors (Lipinski definition) is 3. The van der Waals surface area contributed by atoms with E-state index in [0.717, 1.165) is 38.8 Å². The predicted molar refractivity (Wildman–Crippen MR) is 120 cm³/mol. The van der Waals surface area contributed by atoms with E-state index in [9.17, 15) is 23.1 Å². The van der Waals surface area contributed by atoms with Gasteiger partial charge in [0.05, 0.1) is 10.7 Å². The number of phenolic OH excluding ortho intramolecular Hbond substituents is 1. The van der Waals surface area contributed by atoms with Crippen LogP contribution in [-0.2, 0) is 9.84 Å². The van der Waals surface area contributed by atoms with Gasteiger partial charge >= 0.3 is 0 Å². The monoisotopic (exact) mass is 487 g/mol. The molecule has 2 aromatic rings. The van der Waals surface area contributed by atoms with Crippen molar-refractivity contribution in [1.82, 2.24) is 10.2 Å². The lowest BCUT2D eigenvalue weighted by atomic mass is 10.0. The molecule has 0 bridgehead atoms. The lowest BCUT2D eigenvalue weighted by Crippen LogP contribution is -2.52. The standard InChI is InChI=1S/C20H23Cl2N3O5S/c21-12-4-5-13(24-16-15(22)18(27)19(16)28)17(26)20(12)31(29,30)14-3-1-2-10-25(14)11-6-8-23-9-7-11/h4-5,11,14,23-24,26H,1-3,6-10H2. The molecule has 0 aliphatic carbocycles. The molecule has 0 spiro atoms. The summed E-state index contributed by atoms with van der Waals surface area (Å²) in [6.45, 7) is 2.34. The van der Waals surface area contributed by atoms with Crippen molar-refractivity contribution in [2.45, 2.75) is 48.4 Å². The molecule has 4 rings (SSSR count). The molecule has 1 atom stereocenters. The zero-order valence-corrected chi connectivity index (χ0v) is 19.0. The van der Waals surface area contributed by atoms with Crippen LogP contribution in [0, 0.1) is 0 Å². The van der Waals surface area contributed by atoms with Crippen molar-refractivity contribution in [2.24, 2.45) is 0 Å². The first-order valence-corrected chi connectivity index (χ1v) is 12.5.